The first kappa shape index (κ1) is 14.0. The minimum absolute atomic E-state index is 0.0812. The first-order valence-corrected chi connectivity index (χ1v) is 8.23. The molecule has 4 heteroatoms. The standard InChI is InChI=1S/C15H19NO2S/c1-12(16)9-10-19(17,18)11-14-7-4-6-13-5-2-3-8-15(13)14/h2-8,12H,9-11,16H2,1H3. The number of nitrogens with two attached hydrogens (primary N) is 1. The van der Waals surface area contributed by atoms with Crippen molar-refractivity contribution in [3.8, 4) is 0 Å². The topological polar surface area (TPSA) is 60.2 Å². The fourth-order valence-electron chi connectivity index (χ4n) is 2.09. The molecule has 2 aromatic carbocycles. The van der Waals surface area contributed by atoms with Crippen LogP contribution in [-0.4, -0.2) is 20.2 Å². The lowest BCUT2D eigenvalue weighted by Crippen LogP contribution is -2.20. The van der Waals surface area contributed by atoms with E-state index in [0.29, 0.717) is 6.42 Å². The molecule has 0 heterocycles. The number of sulfone groups is 1. The Morgan fingerprint density at radius 2 is 1.79 bits per heavy atom. The molecule has 2 aromatic rings. The third kappa shape index (κ3) is 3.78. The molecule has 1 atom stereocenters. The summed E-state index contributed by atoms with van der Waals surface area (Å²) in [6.07, 6.45) is 0.507. The van der Waals surface area contributed by atoms with Crippen molar-refractivity contribution < 1.29 is 8.42 Å². The maximum absolute atomic E-state index is 12.1. The Balaban J connectivity index is 2.26. The Hall–Kier alpha value is -1.39. The molecule has 0 aliphatic carbocycles. The lowest BCUT2D eigenvalue weighted by molar-refractivity contribution is 0.587. The molecule has 0 aliphatic heterocycles. The van der Waals surface area contributed by atoms with Gasteiger partial charge >= 0.3 is 0 Å². The highest BCUT2D eigenvalue weighted by Gasteiger charge is 2.14. The summed E-state index contributed by atoms with van der Waals surface area (Å²) in [7, 11) is -3.10. The van der Waals surface area contributed by atoms with Gasteiger partial charge in [-0.3, -0.25) is 0 Å². The van der Waals surface area contributed by atoms with Crippen molar-refractivity contribution in [2.45, 2.75) is 25.1 Å². The van der Waals surface area contributed by atoms with Gasteiger partial charge in [0.15, 0.2) is 9.84 Å². The van der Waals surface area contributed by atoms with E-state index < -0.39 is 9.84 Å². The second kappa shape index (κ2) is 5.72. The van der Waals surface area contributed by atoms with Gasteiger partial charge in [-0.2, -0.15) is 0 Å². The van der Waals surface area contributed by atoms with Crippen molar-refractivity contribution >= 4 is 20.6 Å². The van der Waals surface area contributed by atoms with Gasteiger partial charge in [0.05, 0.1) is 11.5 Å². The number of fused-ring (bicyclic) bond motifs is 1. The van der Waals surface area contributed by atoms with Gasteiger partial charge in [-0.15, -0.1) is 0 Å². The molecule has 0 aliphatic rings. The summed E-state index contributed by atoms with van der Waals surface area (Å²) < 4.78 is 24.2. The van der Waals surface area contributed by atoms with Crippen LogP contribution in [0.5, 0.6) is 0 Å². The molecule has 0 fully saturated rings. The first-order valence-electron chi connectivity index (χ1n) is 6.40. The fourth-order valence-corrected chi connectivity index (χ4v) is 3.69. The van der Waals surface area contributed by atoms with E-state index in [0.717, 1.165) is 16.3 Å². The SMILES string of the molecule is CC(N)CCS(=O)(=O)Cc1cccc2ccccc12. The van der Waals surface area contributed by atoms with E-state index in [4.69, 9.17) is 5.73 Å². The smallest absolute Gasteiger partial charge is 0.154 e. The molecule has 2 rings (SSSR count). The van der Waals surface area contributed by atoms with E-state index >= 15 is 0 Å². The Bertz CT molecular complexity index is 657. The Morgan fingerprint density at radius 1 is 1.11 bits per heavy atom. The predicted molar refractivity (Wildman–Crippen MR) is 79.7 cm³/mol. The monoisotopic (exact) mass is 277 g/mol. The molecule has 102 valence electrons. The van der Waals surface area contributed by atoms with Crippen LogP contribution < -0.4 is 5.73 Å². The molecule has 19 heavy (non-hydrogen) atoms. The van der Waals surface area contributed by atoms with Crippen LogP contribution in [0.1, 0.15) is 18.9 Å². The quantitative estimate of drug-likeness (QED) is 0.913. The second-order valence-electron chi connectivity index (χ2n) is 5.00. The molecule has 0 saturated carbocycles. The highest BCUT2D eigenvalue weighted by atomic mass is 32.2. The third-order valence-electron chi connectivity index (χ3n) is 3.14. The van der Waals surface area contributed by atoms with Crippen molar-refractivity contribution in [3.05, 3.63) is 48.0 Å². The Labute approximate surface area is 114 Å². The second-order valence-corrected chi connectivity index (χ2v) is 7.18. The van der Waals surface area contributed by atoms with Gasteiger partial charge in [-0.25, -0.2) is 8.42 Å². The highest BCUT2D eigenvalue weighted by molar-refractivity contribution is 7.90. The summed E-state index contributed by atoms with van der Waals surface area (Å²) in [4.78, 5) is 0. The van der Waals surface area contributed by atoms with E-state index in [1.165, 1.54) is 0 Å². The zero-order chi connectivity index (χ0) is 13.9. The van der Waals surface area contributed by atoms with Crippen molar-refractivity contribution in [3.63, 3.8) is 0 Å². The average Bonchev–Trinajstić information content (AvgIpc) is 2.37. The van der Waals surface area contributed by atoms with E-state index in [-0.39, 0.29) is 17.5 Å². The molecule has 1 unspecified atom stereocenters. The molecule has 0 bridgehead atoms. The highest BCUT2D eigenvalue weighted by Crippen LogP contribution is 2.20. The van der Waals surface area contributed by atoms with E-state index in [9.17, 15) is 8.42 Å². The van der Waals surface area contributed by atoms with Gasteiger partial charge in [0.25, 0.3) is 0 Å². The van der Waals surface area contributed by atoms with Crippen molar-refractivity contribution in [1.82, 2.24) is 0 Å². The fraction of sp³-hybridized carbons (Fsp3) is 0.333. The summed E-state index contributed by atoms with van der Waals surface area (Å²) in [5, 5.41) is 2.08. The van der Waals surface area contributed by atoms with Crippen LogP contribution in [0, 0.1) is 0 Å². The summed E-state index contributed by atoms with van der Waals surface area (Å²) in [5.74, 6) is 0.231. The van der Waals surface area contributed by atoms with Crippen molar-refractivity contribution in [2.24, 2.45) is 5.73 Å². The summed E-state index contributed by atoms with van der Waals surface area (Å²) in [5.41, 5.74) is 6.48. The summed E-state index contributed by atoms with van der Waals surface area (Å²) >= 11 is 0. The van der Waals surface area contributed by atoms with E-state index in [2.05, 4.69) is 0 Å². The largest absolute Gasteiger partial charge is 0.328 e. The van der Waals surface area contributed by atoms with Crippen molar-refractivity contribution in [2.75, 3.05) is 5.75 Å². The van der Waals surface area contributed by atoms with Crippen LogP contribution in [0.3, 0.4) is 0 Å². The van der Waals surface area contributed by atoms with Crippen LogP contribution >= 0.6 is 0 Å². The molecule has 2 N–H and O–H groups in total. The Kier molecular flexibility index (Phi) is 4.22. The summed E-state index contributed by atoms with van der Waals surface area (Å²) in [6.45, 7) is 1.83. The molecule has 3 nitrogen and oxygen atoms in total. The van der Waals surface area contributed by atoms with Crippen LogP contribution in [0.4, 0.5) is 0 Å². The minimum Gasteiger partial charge on any atom is -0.328 e. The minimum atomic E-state index is -3.10. The molecule has 0 radical (unpaired) electrons. The van der Waals surface area contributed by atoms with E-state index in [1.54, 1.807) is 0 Å². The van der Waals surface area contributed by atoms with Gasteiger partial charge in [0.1, 0.15) is 0 Å². The van der Waals surface area contributed by atoms with Crippen molar-refractivity contribution in [1.29, 1.82) is 0 Å². The number of rotatable bonds is 5. The maximum Gasteiger partial charge on any atom is 0.154 e. The number of benzene rings is 2. The van der Waals surface area contributed by atoms with Crippen LogP contribution in [-0.2, 0) is 15.6 Å². The summed E-state index contributed by atoms with van der Waals surface area (Å²) in [6, 6.07) is 13.5. The third-order valence-corrected chi connectivity index (χ3v) is 4.75. The van der Waals surface area contributed by atoms with Crippen LogP contribution in [0.25, 0.3) is 10.8 Å². The van der Waals surface area contributed by atoms with Gasteiger partial charge in [0.2, 0.25) is 0 Å². The molecule has 0 amide bonds. The normalized spacial score (nSPS) is 13.6. The molecule has 0 saturated heterocycles. The van der Waals surface area contributed by atoms with E-state index in [1.807, 2.05) is 49.4 Å². The number of hydrogen-bond donors (Lipinski definition) is 1. The molecule has 0 aromatic heterocycles. The molecule has 0 spiro atoms. The van der Waals surface area contributed by atoms with Gasteiger partial charge in [-0.1, -0.05) is 42.5 Å². The van der Waals surface area contributed by atoms with Gasteiger partial charge in [-0.05, 0) is 29.7 Å². The first-order chi connectivity index (χ1) is 8.98. The van der Waals surface area contributed by atoms with Gasteiger partial charge in [0, 0.05) is 6.04 Å². The predicted octanol–water partition coefficient (Wildman–Crippen LogP) is 2.49. The van der Waals surface area contributed by atoms with Gasteiger partial charge < -0.3 is 5.73 Å². The number of hydrogen-bond acceptors (Lipinski definition) is 3. The van der Waals surface area contributed by atoms with Crippen LogP contribution in [0.15, 0.2) is 42.5 Å². The zero-order valence-electron chi connectivity index (χ0n) is 11.0. The maximum atomic E-state index is 12.1. The molecular weight excluding hydrogens is 258 g/mol. The lowest BCUT2D eigenvalue weighted by Gasteiger charge is -2.09. The Morgan fingerprint density at radius 3 is 2.53 bits per heavy atom. The van der Waals surface area contributed by atoms with Crippen LogP contribution in [0.2, 0.25) is 0 Å². The average molecular weight is 277 g/mol. The zero-order valence-corrected chi connectivity index (χ0v) is 11.9. The molecular formula is C15H19NO2S. The lowest BCUT2D eigenvalue weighted by atomic mass is 10.1.